The minimum absolute atomic E-state index is 0.153. The molecule has 1 amide bonds. The predicted molar refractivity (Wildman–Crippen MR) is 147 cm³/mol. The third-order valence-corrected chi connectivity index (χ3v) is 6.79. The van der Waals surface area contributed by atoms with Crippen molar-refractivity contribution >= 4 is 16.9 Å². The van der Waals surface area contributed by atoms with Crippen LogP contribution >= 0.6 is 0 Å². The van der Waals surface area contributed by atoms with Gasteiger partial charge in [-0.1, -0.05) is 32.0 Å². The number of nitrogens with zero attached hydrogens (tertiary/aromatic N) is 3. The first-order valence-electron chi connectivity index (χ1n) is 13.1. The second kappa shape index (κ2) is 12.3. The van der Waals surface area contributed by atoms with E-state index in [1.807, 2.05) is 12.1 Å². The SMILES string of the molecule is CCCN(CC)CCN(NC)C(=O)c1cccc(-c2nc3c(OC)c(CNC4CC4)ccc3[nH]c2=O)c1. The third kappa shape index (κ3) is 6.36. The van der Waals surface area contributed by atoms with Crippen molar-refractivity contribution in [3.05, 3.63) is 57.9 Å². The predicted octanol–water partition coefficient (Wildman–Crippen LogP) is 3.16. The summed E-state index contributed by atoms with van der Waals surface area (Å²) in [6.07, 6.45) is 3.46. The van der Waals surface area contributed by atoms with Crippen LogP contribution in [0, 0.1) is 0 Å². The number of fused-ring (bicyclic) bond motifs is 1. The highest BCUT2D eigenvalue weighted by Crippen LogP contribution is 2.29. The lowest BCUT2D eigenvalue weighted by Gasteiger charge is -2.26. The number of likely N-dealkylation sites (N-methyl/N-ethyl adjacent to an activating group) is 1. The molecule has 9 heteroatoms. The van der Waals surface area contributed by atoms with Gasteiger partial charge in [0.25, 0.3) is 11.5 Å². The van der Waals surface area contributed by atoms with Crippen LogP contribution in [-0.2, 0) is 6.54 Å². The molecule has 0 unspecified atom stereocenters. The van der Waals surface area contributed by atoms with E-state index >= 15 is 0 Å². The molecule has 3 N–H and O–H groups in total. The number of amides is 1. The molecule has 9 nitrogen and oxygen atoms in total. The number of nitrogens with one attached hydrogen (secondary N) is 3. The molecular weight excluding hydrogens is 468 g/mol. The molecule has 0 aliphatic heterocycles. The Hall–Kier alpha value is -3.27. The molecule has 0 radical (unpaired) electrons. The minimum Gasteiger partial charge on any atom is -0.494 e. The molecule has 2 aromatic carbocycles. The molecule has 0 atom stereocenters. The zero-order chi connectivity index (χ0) is 26.4. The number of hydrogen-bond donors (Lipinski definition) is 3. The van der Waals surface area contributed by atoms with Gasteiger partial charge in [-0.2, -0.15) is 0 Å². The summed E-state index contributed by atoms with van der Waals surface area (Å²) >= 11 is 0. The van der Waals surface area contributed by atoms with E-state index in [4.69, 9.17) is 9.72 Å². The van der Waals surface area contributed by atoms with Crippen LogP contribution < -0.4 is 21.0 Å². The lowest BCUT2D eigenvalue weighted by Crippen LogP contribution is -2.45. The number of carbonyl (C=O) groups excluding carboxylic acids is 1. The van der Waals surface area contributed by atoms with E-state index in [-0.39, 0.29) is 17.2 Å². The van der Waals surface area contributed by atoms with Crippen molar-refractivity contribution in [3.63, 3.8) is 0 Å². The van der Waals surface area contributed by atoms with Crippen molar-refractivity contribution < 1.29 is 9.53 Å². The smallest absolute Gasteiger partial charge is 0.274 e. The Morgan fingerprint density at radius 3 is 2.65 bits per heavy atom. The first kappa shape index (κ1) is 26.8. The summed E-state index contributed by atoms with van der Waals surface area (Å²) in [5.41, 5.74) is 6.22. The maximum absolute atomic E-state index is 13.3. The Labute approximate surface area is 218 Å². The number of hydrazine groups is 1. The zero-order valence-electron chi connectivity index (χ0n) is 22.3. The van der Waals surface area contributed by atoms with Gasteiger partial charge in [-0.15, -0.1) is 0 Å². The topological polar surface area (TPSA) is 103 Å². The second-order valence-corrected chi connectivity index (χ2v) is 9.42. The van der Waals surface area contributed by atoms with E-state index in [9.17, 15) is 9.59 Å². The maximum atomic E-state index is 13.3. The number of carbonyl (C=O) groups is 1. The monoisotopic (exact) mass is 506 g/mol. The van der Waals surface area contributed by atoms with Crippen molar-refractivity contribution in [2.24, 2.45) is 0 Å². The standard InChI is InChI=1S/C28H38N6O3/c1-5-14-33(6-2)15-16-34(29-3)28(36)20-9-7-8-19(17-20)24-27(35)31-23-13-10-21(18-30-22-11-12-22)26(37-4)25(23)32-24/h7-10,13,17,22,29-30H,5-6,11-12,14-16,18H2,1-4H3,(H,31,35). The normalized spacial score (nSPS) is 13.3. The lowest BCUT2D eigenvalue weighted by atomic mass is 10.1. The second-order valence-electron chi connectivity index (χ2n) is 9.42. The summed E-state index contributed by atoms with van der Waals surface area (Å²) in [7, 11) is 3.36. The molecule has 1 aliphatic carbocycles. The summed E-state index contributed by atoms with van der Waals surface area (Å²) in [6.45, 7) is 8.22. The quantitative estimate of drug-likeness (QED) is 0.306. The Bertz CT molecular complexity index is 1290. The van der Waals surface area contributed by atoms with Crippen molar-refractivity contribution in [2.45, 2.75) is 45.7 Å². The van der Waals surface area contributed by atoms with Crippen LogP contribution in [0.25, 0.3) is 22.3 Å². The molecule has 3 aromatic rings. The van der Waals surface area contributed by atoms with Gasteiger partial charge in [0.05, 0.1) is 19.2 Å². The molecule has 0 spiro atoms. The summed E-state index contributed by atoms with van der Waals surface area (Å²) in [5.74, 6) is 0.490. The molecule has 1 saturated carbocycles. The van der Waals surface area contributed by atoms with Crippen molar-refractivity contribution in [1.82, 2.24) is 30.6 Å². The van der Waals surface area contributed by atoms with Gasteiger partial charge >= 0.3 is 0 Å². The van der Waals surface area contributed by atoms with Crippen LogP contribution in [0.5, 0.6) is 5.75 Å². The molecule has 4 rings (SSSR count). The number of hydrogen-bond acceptors (Lipinski definition) is 7. The van der Waals surface area contributed by atoms with E-state index in [0.717, 1.165) is 31.6 Å². The Morgan fingerprint density at radius 2 is 1.97 bits per heavy atom. The molecule has 0 bridgehead atoms. The fourth-order valence-electron chi connectivity index (χ4n) is 4.53. The molecule has 1 fully saturated rings. The van der Waals surface area contributed by atoms with Gasteiger partial charge in [0.15, 0.2) is 5.75 Å². The highest BCUT2D eigenvalue weighted by atomic mass is 16.5. The Morgan fingerprint density at radius 1 is 1.16 bits per heavy atom. The fourth-order valence-corrected chi connectivity index (χ4v) is 4.53. The third-order valence-electron chi connectivity index (χ3n) is 6.79. The Balaban J connectivity index is 1.62. The molecule has 1 aromatic heterocycles. The summed E-state index contributed by atoms with van der Waals surface area (Å²) in [6, 6.07) is 11.5. The highest BCUT2D eigenvalue weighted by Gasteiger charge is 2.22. The first-order chi connectivity index (χ1) is 18.0. The van der Waals surface area contributed by atoms with Crippen LogP contribution in [0.4, 0.5) is 0 Å². The fraction of sp³-hybridized carbons (Fsp3) is 0.464. The number of aromatic amines is 1. The molecular formula is C28H38N6O3. The molecule has 1 aliphatic rings. The number of benzene rings is 2. The van der Waals surface area contributed by atoms with E-state index in [0.29, 0.717) is 47.0 Å². The molecule has 198 valence electrons. The number of H-pyrrole nitrogens is 1. The van der Waals surface area contributed by atoms with Crippen LogP contribution in [0.3, 0.4) is 0 Å². The van der Waals surface area contributed by atoms with Gasteiger partial charge in [-0.3, -0.25) is 14.6 Å². The van der Waals surface area contributed by atoms with E-state index in [1.165, 1.54) is 12.8 Å². The van der Waals surface area contributed by atoms with Crippen molar-refractivity contribution in [3.8, 4) is 17.0 Å². The number of methoxy groups -OCH3 is 1. The van der Waals surface area contributed by atoms with Crippen LogP contribution in [-0.4, -0.2) is 72.2 Å². The van der Waals surface area contributed by atoms with Crippen molar-refractivity contribution in [2.75, 3.05) is 40.3 Å². The molecule has 1 heterocycles. The molecule has 0 saturated heterocycles. The summed E-state index contributed by atoms with van der Waals surface area (Å²) in [4.78, 5) is 36.3. The van der Waals surface area contributed by atoms with Crippen LogP contribution in [0.15, 0.2) is 41.2 Å². The number of ether oxygens (including phenoxy) is 1. The first-order valence-corrected chi connectivity index (χ1v) is 13.1. The summed E-state index contributed by atoms with van der Waals surface area (Å²) < 4.78 is 5.73. The largest absolute Gasteiger partial charge is 0.494 e. The van der Waals surface area contributed by atoms with Gasteiger partial charge in [0.2, 0.25) is 0 Å². The average Bonchev–Trinajstić information content (AvgIpc) is 3.75. The van der Waals surface area contributed by atoms with Gasteiger partial charge < -0.3 is 19.9 Å². The van der Waals surface area contributed by atoms with Gasteiger partial charge in [0, 0.05) is 42.9 Å². The lowest BCUT2D eigenvalue weighted by molar-refractivity contribution is 0.0656. The minimum atomic E-state index is -0.313. The van der Waals surface area contributed by atoms with E-state index < -0.39 is 0 Å². The van der Waals surface area contributed by atoms with Gasteiger partial charge in [-0.05, 0) is 50.6 Å². The van der Waals surface area contributed by atoms with Gasteiger partial charge in [0.1, 0.15) is 11.2 Å². The van der Waals surface area contributed by atoms with E-state index in [2.05, 4.69) is 34.5 Å². The van der Waals surface area contributed by atoms with Crippen LogP contribution in [0.2, 0.25) is 0 Å². The highest BCUT2D eigenvalue weighted by molar-refractivity contribution is 5.95. The van der Waals surface area contributed by atoms with Crippen molar-refractivity contribution in [1.29, 1.82) is 0 Å². The van der Waals surface area contributed by atoms with E-state index in [1.54, 1.807) is 43.4 Å². The number of rotatable bonds is 13. The zero-order valence-corrected chi connectivity index (χ0v) is 22.3. The number of aromatic nitrogens is 2. The van der Waals surface area contributed by atoms with Gasteiger partial charge in [-0.25, -0.2) is 10.4 Å². The summed E-state index contributed by atoms with van der Waals surface area (Å²) in [5, 5.41) is 5.11. The Kier molecular flexibility index (Phi) is 8.91. The maximum Gasteiger partial charge on any atom is 0.274 e. The molecule has 37 heavy (non-hydrogen) atoms. The average molecular weight is 507 g/mol. The van der Waals surface area contributed by atoms with Crippen LogP contribution in [0.1, 0.15) is 49.0 Å².